The van der Waals surface area contributed by atoms with Gasteiger partial charge in [-0.3, -0.25) is 9.59 Å². The van der Waals surface area contributed by atoms with Gasteiger partial charge < -0.3 is 9.47 Å². The van der Waals surface area contributed by atoms with Crippen LogP contribution < -0.4 is 0 Å². The maximum Gasteiger partial charge on any atom is 0.306 e. The van der Waals surface area contributed by atoms with E-state index in [4.69, 9.17) is 21.1 Å². The highest BCUT2D eigenvalue weighted by Gasteiger charge is 2.09. The maximum atomic E-state index is 11.5. The molecule has 0 aliphatic rings. The predicted octanol–water partition coefficient (Wildman–Crippen LogP) is 4.40. The molecule has 0 heterocycles. The molecule has 0 N–H and O–H groups in total. The molecule has 0 aromatic rings. The van der Waals surface area contributed by atoms with Crippen molar-refractivity contribution in [1.29, 1.82) is 0 Å². The SMILES string of the molecule is C=CC(C)OC(=O)CCCC(=O)OCCCCCCCCCl. The summed E-state index contributed by atoms with van der Waals surface area (Å²) >= 11 is 5.60. The van der Waals surface area contributed by atoms with Gasteiger partial charge in [-0.05, 0) is 26.2 Å². The van der Waals surface area contributed by atoms with Crippen molar-refractivity contribution < 1.29 is 19.1 Å². The van der Waals surface area contributed by atoms with E-state index >= 15 is 0 Å². The summed E-state index contributed by atoms with van der Waals surface area (Å²) < 4.78 is 10.1. The number of hydrogen-bond donors (Lipinski definition) is 0. The molecule has 0 radical (unpaired) electrons. The zero-order valence-corrected chi connectivity index (χ0v) is 14.4. The maximum absolute atomic E-state index is 11.5. The zero-order chi connectivity index (χ0) is 16.6. The Balaban J connectivity index is 3.39. The van der Waals surface area contributed by atoms with Crippen molar-refractivity contribution in [2.45, 2.75) is 70.8 Å². The third-order valence-electron chi connectivity index (χ3n) is 3.20. The first-order valence-corrected chi connectivity index (χ1v) is 8.67. The number of carbonyl (C=O) groups is 2. The number of esters is 2. The molecule has 1 unspecified atom stereocenters. The van der Waals surface area contributed by atoms with Gasteiger partial charge in [0.2, 0.25) is 0 Å². The second-order valence-electron chi connectivity index (χ2n) is 5.32. The van der Waals surface area contributed by atoms with Gasteiger partial charge in [-0.2, -0.15) is 0 Å². The molecule has 5 heteroatoms. The average Bonchev–Trinajstić information content (AvgIpc) is 2.49. The minimum absolute atomic E-state index is 0.230. The smallest absolute Gasteiger partial charge is 0.306 e. The Morgan fingerprint density at radius 3 is 2.23 bits per heavy atom. The van der Waals surface area contributed by atoms with E-state index in [1.165, 1.54) is 12.8 Å². The van der Waals surface area contributed by atoms with E-state index in [0.717, 1.165) is 31.6 Å². The van der Waals surface area contributed by atoms with E-state index in [1.54, 1.807) is 13.0 Å². The van der Waals surface area contributed by atoms with Crippen molar-refractivity contribution in [1.82, 2.24) is 0 Å². The third kappa shape index (κ3) is 13.9. The van der Waals surface area contributed by atoms with Crippen molar-refractivity contribution in [2.24, 2.45) is 0 Å². The van der Waals surface area contributed by atoms with E-state index in [1.807, 2.05) is 0 Å². The van der Waals surface area contributed by atoms with Crippen LogP contribution in [0.15, 0.2) is 12.7 Å². The molecule has 0 saturated carbocycles. The molecule has 0 rings (SSSR count). The number of hydrogen-bond acceptors (Lipinski definition) is 4. The van der Waals surface area contributed by atoms with Crippen LogP contribution in [0, 0.1) is 0 Å². The summed E-state index contributed by atoms with van der Waals surface area (Å²) in [5.74, 6) is 0.182. The second kappa shape index (κ2) is 14.9. The van der Waals surface area contributed by atoms with Crippen LogP contribution in [0.1, 0.15) is 64.7 Å². The topological polar surface area (TPSA) is 52.6 Å². The van der Waals surface area contributed by atoms with Crippen LogP contribution in [0.25, 0.3) is 0 Å². The second-order valence-corrected chi connectivity index (χ2v) is 5.69. The van der Waals surface area contributed by atoms with Crippen molar-refractivity contribution in [2.75, 3.05) is 12.5 Å². The Morgan fingerprint density at radius 2 is 1.59 bits per heavy atom. The Morgan fingerprint density at radius 1 is 1.00 bits per heavy atom. The summed E-state index contributed by atoms with van der Waals surface area (Å²) in [7, 11) is 0. The van der Waals surface area contributed by atoms with Crippen molar-refractivity contribution in [3.05, 3.63) is 12.7 Å². The van der Waals surface area contributed by atoms with Gasteiger partial charge in [0.25, 0.3) is 0 Å². The molecule has 0 amide bonds. The fraction of sp³-hybridized carbons (Fsp3) is 0.765. The number of ether oxygens (including phenoxy) is 2. The van der Waals surface area contributed by atoms with Crippen LogP contribution in [-0.4, -0.2) is 30.5 Å². The van der Waals surface area contributed by atoms with Gasteiger partial charge in [0, 0.05) is 18.7 Å². The van der Waals surface area contributed by atoms with Crippen LogP contribution in [0.2, 0.25) is 0 Å². The van der Waals surface area contributed by atoms with Crippen LogP contribution in [0.4, 0.5) is 0 Å². The molecule has 0 spiro atoms. The van der Waals surface area contributed by atoms with Gasteiger partial charge in [0.05, 0.1) is 6.61 Å². The molecule has 0 aliphatic heterocycles. The Labute approximate surface area is 139 Å². The van der Waals surface area contributed by atoms with E-state index in [2.05, 4.69) is 6.58 Å². The lowest BCUT2D eigenvalue weighted by Gasteiger charge is -2.08. The van der Waals surface area contributed by atoms with E-state index < -0.39 is 0 Å². The van der Waals surface area contributed by atoms with Crippen LogP contribution in [-0.2, 0) is 19.1 Å². The quantitative estimate of drug-likeness (QED) is 0.205. The van der Waals surface area contributed by atoms with E-state index in [-0.39, 0.29) is 30.9 Å². The van der Waals surface area contributed by atoms with E-state index in [9.17, 15) is 9.59 Å². The van der Waals surface area contributed by atoms with Crippen molar-refractivity contribution in [3.63, 3.8) is 0 Å². The number of rotatable bonds is 14. The third-order valence-corrected chi connectivity index (χ3v) is 3.47. The minimum atomic E-state index is -0.308. The summed E-state index contributed by atoms with van der Waals surface area (Å²) in [6.07, 6.45) is 8.77. The Hall–Kier alpha value is -1.03. The molecular formula is C17H29ClO4. The van der Waals surface area contributed by atoms with Gasteiger partial charge in [-0.25, -0.2) is 0 Å². The van der Waals surface area contributed by atoms with Crippen LogP contribution in [0.3, 0.4) is 0 Å². The molecular weight excluding hydrogens is 304 g/mol. The van der Waals surface area contributed by atoms with Crippen LogP contribution >= 0.6 is 11.6 Å². The summed E-state index contributed by atoms with van der Waals surface area (Å²) in [6.45, 7) is 5.74. The zero-order valence-electron chi connectivity index (χ0n) is 13.7. The number of halogens is 1. The van der Waals surface area contributed by atoms with Gasteiger partial charge >= 0.3 is 11.9 Å². The fourth-order valence-electron chi connectivity index (χ4n) is 1.85. The average molecular weight is 333 g/mol. The first-order chi connectivity index (χ1) is 10.6. The number of unbranched alkanes of at least 4 members (excludes halogenated alkanes) is 5. The molecule has 128 valence electrons. The summed E-state index contributed by atoms with van der Waals surface area (Å²) in [6, 6.07) is 0. The molecule has 22 heavy (non-hydrogen) atoms. The summed E-state index contributed by atoms with van der Waals surface area (Å²) in [5, 5.41) is 0. The Kier molecular flexibility index (Phi) is 14.2. The first-order valence-electron chi connectivity index (χ1n) is 8.13. The molecule has 0 saturated heterocycles. The predicted molar refractivity (Wildman–Crippen MR) is 89.0 cm³/mol. The molecule has 0 aromatic carbocycles. The van der Waals surface area contributed by atoms with E-state index in [0.29, 0.717) is 13.0 Å². The monoisotopic (exact) mass is 332 g/mol. The number of alkyl halides is 1. The highest BCUT2D eigenvalue weighted by atomic mass is 35.5. The summed E-state index contributed by atoms with van der Waals surface area (Å²) in [5.41, 5.74) is 0. The molecule has 0 fully saturated rings. The van der Waals surface area contributed by atoms with Gasteiger partial charge in [-0.15, -0.1) is 11.6 Å². The number of carbonyl (C=O) groups excluding carboxylic acids is 2. The van der Waals surface area contributed by atoms with Gasteiger partial charge in [-0.1, -0.05) is 38.3 Å². The summed E-state index contributed by atoms with van der Waals surface area (Å²) in [4.78, 5) is 22.8. The van der Waals surface area contributed by atoms with Crippen LogP contribution in [0.5, 0.6) is 0 Å². The van der Waals surface area contributed by atoms with Crippen molar-refractivity contribution in [3.8, 4) is 0 Å². The highest BCUT2D eigenvalue weighted by molar-refractivity contribution is 6.17. The van der Waals surface area contributed by atoms with Gasteiger partial charge in [0.15, 0.2) is 0 Å². The molecule has 1 atom stereocenters. The molecule has 0 aliphatic carbocycles. The standard InChI is InChI=1S/C17H29ClO4/c1-3-15(2)22-17(20)12-10-11-16(19)21-14-9-7-5-4-6-8-13-18/h3,15H,1,4-14H2,2H3. The van der Waals surface area contributed by atoms with Gasteiger partial charge in [0.1, 0.15) is 6.10 Å². The lowest BCUT2D eigenvalue weighted by molar-refractivity contribution is -0.147. The Bertz CT molecular complexity index is 318. The lowest BCUT2D eigenvalue weighted by Crippen LogP contribution is -2.13. The fourth-order valence-corrected chi connectivity index (χ4v) is 2.04. The lowest BCUT2D eigenvalue weighted by atomic mass is 10.1. The largest absolute Gasteiger partial charge is 0.466 e. The molecule has 0 aromatic heterocycles. The minimum Gasteiger partial charge on any atom is -0.466 e. The molecule has 4 nitrogen and oxygen atoms in total. The first kappa shape index (κ1) is 21.0. The van der Waals surface area contributed by atoms with Crippen molar-refractivity contribution >= 4 is 23.5 Å². The molecule has 0 bridgehead atoms. The highest BCUT2D eigenvalue weighted by Crippen LogP contribution is 2.07. The normalized spacial score (nSPS) is 11.7.